The van der Waals surface area contributed by atoms with Gasteiger partial charge in [-0.05, 0) is 18.2 Å². The predicted molar refractivity (Wildman–Crippen MR) is 77.0 cm³/mol. The van der Waals surface area contributed by atoms with Gasteiger partial charge in [0.05, 0.1) is 23.1 Å². The Hall–Kier alpha value is -2.74. The van der Waals surface area contributed by atoms with Gasteiger partial charge in [-0.2, -0.15) is 0 Å². The molecule has 0 saturated heterocycles. The Morgan fingerprint density at radius 2 is 2.19 bits per heavy atom. The minimum atomic E-state index is -1.10. The highest BCUT2D eigenvalue weighted by atomic mass is 32.1. The number of benzene rings is 1. The molecule has 0 saturated carbocycles. The molecule has 0 atom stereocenters. The smallest absolute Gasteiger partial charge is 0.335 e. The van der Waals surface area contributed by atoms with Crippen LogP contribution in [0.2, 0.25) is 0 Å². The van der Waals surface area contributed by atoms with Gasteiger partial charge in [-0.25, -0.2) is 9.78 Å². The molecule has 0 aliphatic carbocycles. The fourth-order valence-electron chi connectivity index (χ4n) is 2.02. The number of nitrogens with one attached hydrogen (secondary N) is 1. The number of aromatic amines is 1. The number of aromatic carboxylic acids is 1. The summed E-state index contributed by atoms with van der Waals surface area (Å²) in [6, 6.07) is 4.21. The molecule has 0 unspecified atom stereocenters. The van der Waals surface area contributed by atoms with Crippen LogP contribution in [0.1, 0.15) is 15.4 Å². The van der Waals surface area contributed by atoms with Crippen molar-refractivity contribution in [2.45, 2.75) is 6.54 Å². The minimum absolute atomic E-state index is 0.0434. The summed E-state index contributed by atoms with van der Waals surface area (Å²) in [6.45, 7) is 0.125. The van der Waals surface area contributed by atoms with Crippen molar-refractivity contribution in [3.63, 3.8) is 0 Å². The third kappa shape index (κ3) is 2.36. The molecule has 2 N–H and O–H groups in total. The Kier molecular flexibility index (Phi) is 3.15. The van der Waals surface area contributed by atoms with Crippen LogP contribution in [-0.2, 0) is 6.54 Å². The van der Waals surface area contributed by atoms with Crippen LogP contribution in [-0.4, -0.2) is 25.6 Å². The van der Waals surface area contributed by atoms with E-state index in [0.717, 1.165) is 0 Å². The van der Waals surface area contributed by atoms with Gasteiger partial charge in [-0.15, -0.1) is 11.3 Å². The number of nitrogens with zero attached hydrogens (tertiary/aromatic N) is 2. The number of H-pyrrole nitrogens is 1. The third-order valence-electron chi connectivity index (χ3n) is 3.00. The second-order valence-electron chi connectivity index (χ2n) is 4.31. The highest BCUT2D eigenvalue weighted by Gasteiger charge is 2.12. The number of carboxylic acid groups (broad SMARTS) is 1. The van der Waals surface area contributed by atoms with E-state index in [1.54, 1.807) is 11.6 Å². The SMILES string of the molecule is O=C(O)c1ccc2[nH]c(=O)c(=O)n(Cc3nccs3)c2c1. The fourth-order valence-corrected chi connectivity index (χ4v) is 2.63. The highest BCUT2D eigenvalue weighted by molar-refractivity contribution is 7.09. The zero-order valence-corrected chi connectivity index (χ0v) is 11.4. The molecule has 0 spiro atoms. The summed E-state index contributed by atoms with van der Waals surface area (Å²) in [7, 11) is 0. The average Bonchev–Trinajstić information content (AvgIpc) is 2.96. The first-order chi connectivity index (χ1) is 10.1. The molecule has 0 radical (unpaired) electrons. The van der Waals surface area contributed by atoms with Gasteiger partial charge in [-0.3, -0.25) is 14.2 Å². The molecule has 7 nitrogen and oxygen atoms in total. The lowest BCUT2D eigenvalue weighted by atomic mass is 10.2. The molecular formula is C13H9N3O4S. The van der Waals surface area contributed by atoms with Crippen molar-refractivity contribution in [2.24, 2.45) is 0 Å². The van der Waals surface area contributed by atoms with E-state index in [1.165, 1.54) is 34.1 Å². The van der Waals surface area contributed by atoms with E-state index in [1.807, 2.05) is 0 Å². The van der Waals surface area contributed by atoms with E-state index >= 15 is 0 Å². The lowest BCUT2D eigenvalue weighted by Crippen LogP contribution is -2.36. The van der Waals surface area contributed by atoms with E-state index in [2.05, 4.69) is 9.97 Å². The first-order valence-corrected chi connectivity index (χ1v) is 6.83. The summed E-state index contributed by atoms with van der Waals surface area (Å²) in [4.78, 5) is 41.3. The normalized spacial score (nSPS) is 10.9. The molecule has 106 valence electrons. The largest absolute Gasteiger partial charge is 0.478 e. The number of fused-ring (bicyclic) bond motifs is 1. The molecular weight excluding hydrogens is 294 g/mol. The Morgan fingerprint density at radius 1 is 1.38 bits per heavy atom. The number of carboxylic acids is 1. The van der Waals surface area contributed by atoms with E-state index in [0.29, 0.717) is 16.0 Å². The first kappa shape index (κ1) is 13.3. The van der Waals surface area contributed by atoms with Gasteiger partial charge >= 0.3 is 17.1 Å². The zero-order chi connectivity index (χ0) is 15.0. The molecule has 2 aromatic heterocycles. The van der Waals surface area contributed by atoms with Crippen LogP contribution < -0.4 is 11.1 Å². The van der Waals surface area contributed by atoms with Gasteiger partial charge in [-0.1, -0.05) is 0 Å². The standard InChI is InChI=1S/C13H9N3O4S/c17-11-12(18)16(6-10-14-3-4-21-10)9-5-7(13(19)20)1-2-8(9)15-11/h1-5H,6H2,(H,15,17)(H,19,20). The topological polar surface area (TPSA) is 105 Å². The number of carbonyl (C=O) groups is 1. The van der Waals surface area contributed by atoms with E-state index < -0.39 is 17.1 Å². The van der Waals surface area contributed by atoms with Gasteiger partial charge in [0.15, 0.2) is 0 Å². The van der Waals surface area contributed by atoms with Gasteiger partial charge in [0.1, 0.15) is 5.01 Å². The van der Waals surface area contributed by atoms with Crippen molar-refractivity contribution in [3.8, 4) is 0 Å². The number of hydrogen-bond acceptors (Lipinski definition) is 5. The maximum absolute atomic E-state index is 12.0. The third-order valence-corrected chi connectivity index (χ3v) is 3.76. The second-order valence-corrected chi connectivity index (χ2v) is 5.29. The fraction of sp³-hybridized carbons (Fsp3) is 0.0769. The number of rotatable bonds is 3. The monoisotopic (exact) mass is 303 g/mol. The minimum Gasteiger partial charge on any atom is -0.478 e. The maximum atomic E-state index is 12.0. The van der Waals surface area contributed by atoms with Gasteiger partial charge in [0, 0.05) is 11.6 Å². The quantitative estimate of drug-likeness (QED) is 0.699. The molecule has 21 heavy (non-hydrogen) atoms. The van der Waals surface area contributed by atoms with E-state index in [9.17, 15) is 14.4 Å². The number of thiazole rings is 1. The Labute approximate surface area is 121 Å². The van der Waals surface area contributed by atoms with Crippen LogP contribution in [0.25, 0.3) is 11.0 Å². The molecule has 3 rings (SSSR count). The summed E-state index contributed by atoms with van der Waals surface area (Å²) >= 11 is 1.35. The van der Waals surface area contributed by atoms with E-state index in [4.69, 9.17) is 5.11 Å². The Bertz CT molecular complexity index is 940. The average molecular weight is 303 g/mol. The molecule has 0 aliphatic heterocycles. The molecule has 1 aromatic carbocycles. The molecule has 0 amide bonds. The summed E-state index contributed by atoms with van der Waals surface area (Å²) in [5.41, 5.74) is -0.680. The lowest BCUT2D eigenvalue weighted by molar-refractivity contribution is 0.0697. The van der Waals surface area contributed by atoms with Crippen LogP contribution >= 0.6 is 11.3 Å². The van der Waals surface area contributed by atoms with E-state index in [-0.39, 0.29) is 12.1 Å². The summed E-state index contributed by atoms with van der Waals surface area (Å²) in [6.07, 6.45) is 1.60. The number of hydrogen-bond donors (Lipinski definition) is 2. The summed E-state index contributed by atoms with van der Waals surface area (Å²) in [5.74, 6) is -1.10. The maximum Gasteiger partial charge on any atom is 0.335 e. The Balaban J connectivity index is 2.30. The van der Waals surface area contributed by atoms with Crippen molar-refractivity contribution < 1.29 is 9.90 Å². The van der Waals surface area contributed by atoms with Gasteiger partial charge < -0.3 is 10.1 Å². The van der Waals surface area contributed by atoms with Crippen molar-refractivity contribution in [1.82, 2.24) is 14.5 Å². The van der Waals surface area contributed by atoms with Crippen LogP contribution in [0.3, 0.4) is 0 Å². The van der Waals surface area contributed by atoms with Crippen molar-refractivity contribution in [1.29, 1.82) is 0 Å². The van der Waals surface area contributed by atoms with Crippen LogP contribution in [0.4, 0.5) is 0 Å². The summed E-state index contributed by atoms with van der Waals surface area (Å²) in [5, 5.41) is 11.5. The number of aromatic nitrogens is 3. The second kappa shape index (κ2) is 4.98. The van der Waals surface area contributed by atoms with Crippen molar-refractivity contribution >= 4 is 28.3 Å². The predicted octanol–water partition coefficient (Wildman–Crippen LogP) is 0.893. The molecule has 0 bridgehead atoms. The Morgan fingerprint density at radius 3 is 2.86 bits per heavy atom. The van der Waals surface area contributed by atoms with Gasteiger partial charge in [0.25, 0.3) is 0 Å². The summed E-state index contributed by atoms with van der Waals surface area (Å²) < 4.78 is 1.24. The molecule has 8 heteroatoms. The first-order valence-electron chi connectivity index (χ1n) is 5.95. The highest BCUT2D eigenvalue weighted by Crippen LogP contribution is 2.14. The van der Waals surface area contributed by atoms with Crippen LogP contribution in [0.5, 0.6) is 0 Å². The van der Waals surface area contributed by atoms with Crippen molar-refractivity contribution in [2.75, 3.05) is 0 Å². The van der Waals surface area contributed by atoms with Crippen LogP contribution in [0.15, 0.2) is 39.4 Å². The van der Waals surface area contributed by atoms with Crippen molar-refractivity contribution in [3.05, 3.63) is 61.1 Å². The molecule has 0 aliphatic rings. The zero-order valence-electron chi connectivity index (χ0n) is 10.6. The van der Waals surface area contributed by atoms with Crippen LogP contribution in [0, 0.1) is 0 Å². The molecule has 3 aromatic rings. The molecule has 2 heterocycles. The molecule has 0 fully saturated rings. The lowest BCUT2D eigenvalue weighted by Gasteiger charge is -2.08. The van der Waals surface area contributed by atoms with Gasteiger partial charge in [0.2, 0.25) is 0 Å².